The van der Waals surface area contributed by atoms with Crippen molar-refractivity contribution < 1.29 is 4.79 Å². The van der Waals surface area contributed by atoms with E-state index in [0.29, 0.717) is 31.5 Å². The molecule has 0 unspecified atom stereocenters. The Balaban J connectivity index is 0.00000363. The second-order valence-corrected chi connectivity index (χ2v) is 9.00. The number of likely N-dealkylation sites (tertiary alicyclic amines) is 1. The van der Waals surface area contributed by atoms with Crippen molar-refractivity contribution >= 4 is 35.8 Å². The van der Waals surface area contributed by atoms with Gasteiger partial charge in [-0.3, -0.25) is 14.7 Å². The lowest BCUT2D eigenvalue weighted by Crippen LogP contribution is -2.48. The van der Waals surface area contributed by atoms with E-state index in [4.69, 9.17) is 0 Å². The zero-order valence-corrected chi connectivity index (χ0v) is 22.0. The molecular formula is C25H42IN5O. The zero-order chi connectivity index (χ0) is 21.7. The number of nitrogens with one attached hydrogen (secondary N) is 3. The predicted octanol–water partition coefficient (Wildman–Crippen LogP) is 3.91. The monoisotopic (exact) mass is 555 g/mol. The van der Waals surface area contributed by atoms with Crippen LogP contribution in [0.5, 0.6) is 0 Å². The summed E-state index contributed by atoms with van der Waals surface area (Å²) in [4.78, 5) is 19.4. The summed E-state index contributed by atoms with van der Waals surface area (Å²) >= 11 is 0. The number of benzene rings is 1. The van der Waals surface area contributed by atoms with Crippen LogP contribution in [0.1, 0.15) is 63.9 Å². The van der Waals surface area contributed by atoms with Gasteiger partial charge in [0.15, 0.2) is 5.96 Å². The third kappa shape index (κ3) is 10.1. The molecule has 0 atom stereocenters. The van der Waals surface area contributed by atoms with Crippen LogP contribution in [0.2, 0.25) is 0 Å². The smallest absolute Gasteiger partial charge is 0.220 e. The van der Waals surface area contributed by atoms with E-state index >= 15 is 0 Å². The summed E-state index contributed by atoms with van der Waals surface area (Å²) in [5, 5.41) is 9.99. The molecule has 1 amide bonds. The summed E-state index contributed by atoms with van der Waals surface area (Å²) in [6, 6.07) is 11.2. The van der Waals surface area contributed by atoms with E-state index in [1.165, 1.54) is 37.7 Å². The van der Waals surface area contributed by atoms with Crippen LogP contribution in [-0.2, 0) is 11.3 Å². The highest BCUT2D eigenvalue weighted by atomic mass is 127. The molecule has 1 heterocycles. The van der Waals surface area contributed by atoms with Gasteiger partial charge in [-0.1, -0.05) is 49.6 Å². The largest absolute Gasteiger partial charge is 0.357 e. The first-order valence-electron chi connectivity index (χ1n) is 12.3. The van der Waals surface area contributed by atoms with Crippen LogP contribution in [-0.4, -0.2) is 55.5 Å². The van der Waals surface area contributed by atoms with Crippen LogP contribution in [0, 0.1) is 5.92 Å². The van der Waals surface area contributed by atoms with E-state index in [1.807, 2.05) is 0 Å². The molecule has 3 N–H and O–H groups in total. The molecule has 0 radical (unpaired) electrons. The fourth-order valence-electron chi connectivity index (χ4n) is 4.68. The number of nitrogens with zero attached hydrogens (tertiary/aromatic N) is 2. The molecule has 1 aromatic rings. The molecule has 3 rings (SSSR count). The molecule has 2 fully saturated rings. The van der Waals surface area contributed by atoms with Crippen molar-refractivity contribution in [3.05, 3.63) is 35.9 Å². The van der Waals surface area contributed by atoms with Gasteiger partial charge in [0.25, 0.3) is 0 Å². The van der Waals surface area contributed by atoms with Gasteiger partial charge in [-0.25, -0.2) is 0 Å². The zero-order valence-electron chi connectivity index (χ0n) is 19.7. The molecule has 32 heavy (non-hydrogen) atoms. The van der Waals surface area contributed by atoms with Crippen LogP contribution in [0.3, 0.4) is 0 Å². The second kappa shape index (κ2) is 15.5. The summed E-state index contributed by atoms with van der Waals surface area (Å²) < 4.78 is 0. The minimum atomic E-state index is 0. The van der Waals surface area contributed by atoms with E-state index in [-0.39, 0.29) is 29.9 Å². The Bertz CT molecular complexity index is 670. The van der Waals surface area contributed by atoms with E-state index < -0.39 is 0 Å². The molecular weight excluding hydrogens is 513 g/mol. The van der Waals surface area contributed by atoms with Crippen molar-refractivity contribution in [2.24, 2.45) is 10.9 Å². The van der Waals surface area contributed by atoms with Crippen molar-refractivity contribution in [2.45, 2.75) is 70.9 Å². The molecule has 0 bridgehead atoms. The normalized spacial score (nSPS) is 18.6. The average molecular weight is 556 g/mol. The summed E-state index contributed by atoms with van der Waals surface area (Å²) in [6.45, 7) is 7.38. The van der Waals surface area contributed by atoms with Gasteiger partial charge in [0.05, 0.1) is 6.54 Å². The summed E-state index contributed by atoms with van der Waals surface area (Å²) in [5.74, 6) is 1.64. The first-order chi connectivity index (χ1) is 15.2. The molecule has 0 spiro atoms. The molecule has 6 nitrogen and oxygen atoms in total. The van der Waals surface area contributed by atoms with Crippen LogP contribution < -0.4 is 16.0 Å². The maximum atomic E-state index is 12.2. The Morgan fingerprint density at radius 1 is 1.03 bits per heavy atom. The maximum Gasteiger partial charge on any atom is 0.220 e. The van der Waals surface area contributed by atoms with Crippen molar-refractivity contribution in [2.75, 3.05) is 32.7 Å². The van der Waals surface area contributed by atoms with E-state index in [1.54, 1.807) is 0 Å². The number of rotatable bonds is 9. The number of guanidine groups is 1. The van der Waals surface area contributed by atoms with Crippen molar-refractivity contribution in [3.63, 3.8) is 0 Å². The highest BCUT2D eigenvalue weighted by molar-refractivity contribution is 14.0. The van der Waals surface area contributed by atoms with Crippen LogP contribution in [0.25, 0.3) is 0 Å². The van der Waals surface area contributed by atoms with E-state index in [2.05, 4.69) is 63.1 Å². The van der Waals surface area contributed by atoms with Crippen molar-refractivity contribution in [1.82, 2.24) is 20.9 Å². The summed E-state index contributed by atoms with van der Waals surface area (Å²) in [5.41, 5.74) is 1.38. The first-order valence-corrected chi connectivity index (χ1v) is 12.3. The van der Waals surface area contributed by atoms with Crippen molar-refractivity contribution in [1.29, 1.82) is 0 Å². The van der Waals surface area contributed by atoms with Crippen molar-refractivity contribution in [3.8, 4) is 0 Å². The minimum Gasteiger partial charge on any atom is -0.357 e. The maximum absolute atomic E-state index is 12.2. The number of aliphatic imine (C=N–C) groups is 1. The molecule has 180 valence electrons. The number of piperidine rings is 1. The fourth-order valence-corrected chi connectivity index (χ4v) is 4.68. The Labute approximate surface area is 211 Å². The number of carbonyl (C=O) groups excluding carboxylic acids is 1. The van der Waals surface area contributed by atoms with Gasteiger partial charge >= 0.3 is 0 Å². The Kier molecular flexibility index (Phi) is 13.0. The number of carbonyl (C=O) groups is 1. The highest BCUT2D eigenvalue weighted by Crippen LogP contribution is 2.26. The SMILES string of the molecule is CCNC(=NCCNC(=O)CC1CCCCC1)NC1CCN(Cc2ccccc2)CC1.I. The quantitative estimate of drug-likeness (QED) is 0.187. The Hall–Kier alpha value is -1.35. The van der Waals surface area contributed by atoms with E-state index in [9.17, 15) is 4.79 Å². The number of halogens is 1. The van der Waals surface area contributed by atoms with Gasteiger partial charge in [0.2, 0.25) is 5.91 Å². The standard InChI is InChI=1S/C25H41N5O.HI/c1-2-26-25(28-16-15-27-24(31)19-21-9-5-3-6-10-21)29-23-13-17-30(18-14-23)20-22-11-7-4-8-12-22;/h4,7-8,11-12,21,23H,2-3,5-6,9-10,13-20H2,1H3,(H,27,31)(H2,26,28,29);1H. The highest BCUT2D eigenvalue weighted by Gasteiger charge is 2.20. The first kappa shape index (κ1) is 26.9. The summed E-state index contributed by atoms with van der Waals surface area (Å²) in [7, 11) is 0. The van der Waals surface area contributed by atoms with Gasteiger partial charge in [0, 0.05) is 45.2 Å². The minimum absolute atomic E-state index is 0. The molecule has 2 aliphatic rings. The van der Waals surface area contributed by atoms with Gasteiger partial charge < -0.3 is 16.0 Å². The average Bonchev–Trinajstić information content (AvgIpc) is 2.79. The van der Waals surface area contributed by atoms with Gasteiger partial charge in [-0.2, -0.15) is 0 Å². The third-order valence-electron chi connectivity index (χ3n) is 6.42. The summed E-state index contributed by atoms with van der Waals surface area (Å²) in [6.07, 6.45) is 9.25. The van der Waals surface area contributed by atoms with E-state index in [0.717, 1.165) is 45.0 Å². The lowest BCUT2D eigenvalue weighted by Gasteiger charge is -2.33. The molecule has 1 aliphatic heterocycles. The Morgan fingerprint density at radius 3 is 2.44 bits per heavy atom. The van der Waals surface area contributed by atoms with Crippen LogP contribution >= 0.6 is 24.0 Å². The van der Waals surface area contributed by atoms with Crippen LogP contribution in [0.15, 0.2) is 35.3 Å². The Morgan fingerprint density at radius 2 is 1.75 bits per heavy atom. The van der Waals surface area contributed by atoms with Crippen LogP contribution in [0.4, 0.5) is 0 Å². The molecule has 1 saturated heterocycles. The molecule has 1 saturated carbocycles. The topological polar surface area (TPSA) is 68.8 Å². The molecule has 7 heteroatoms. The van der Waals surface area contributed by atoms with Gasteiger partial charge in [0.1, 0.15) is 0 Å². The number of hydrogen-bond acceptors (Lipinski definition) is 3. The number of hydrogen-bond donors (Lipinski definition) is 3. The lowest BCUT2D eigenvalue weighted by atomic mass is 9.87. The molecule has 1 aliphatic carbocycles. The lowest BCUT2D eigenvalue weighted by molar-refractivity contribution is -0.122. The van der Waals surface area contributed by atoms with Gasteiger partial charge in [-0.05, 0) is 44.1 Å². The fraction of sp³-hybridized carbons (Fsp3) is 0.680. The molecule has 1 aromatic carbocycles. The van der Waals surface area contributed by atoms with Gasteiger partial charge in [-0.15, -0.1) is 24.0 Å². The molecule has 0 aromatic heterocycles. The second-order valence-electron chi connectivity index (χ2n) is 9.00. The predicted molar refractivity (Wildman–Crippen MR) is 143 cm³/mol. The third-order valence-corrected chi connectivity index (χ3v) is 6.42. The number of amides is 1.